The lowest BCUT2D eigenvalue weighted by Gasteiger charge is -2.17. The number of hydrogen-bond donors (Lipinski definition) is 1. The summed E-state index contributed by atoms with van der Waals surface area (Å²) in [6.45, 7) is 1.35. The highest BCUT2D eigenvalue weighted by Gasteiger charge is 2.10. The number of benzene rings is 2. The van der Waals surface area contributed by atoms with Crippen LogP contribution >= 0.6 is 23.2 Å². The summed E-state index contributed by atoms with van der Waals surface area (Å²) in [4.78, 5) is 14.2. The number of ether oxygens (including phenoxy) is 1. The van der Waals surface area contributed by atoms with E-state index < -0.39 is 0 Å². The molecule has 0 fully saturated rings. The van der Waals surface area contributed by atoms with Gasteiger partial charge in [0.05, 0.1) is 22.8 Å². The van der Waals surface area contributed by atoms with Gasteiger partial charge in [-0.3, -0.25) is 4.79 Å². The van der Waals surface area contributed by atoms with Crippen LogP contribution in [-0.4, -0.2) is 31.5 Å². The zero-order valence-corrected chi connectivity index (χ0v) is 15.2. The van der Waals surface area contributed by atoms with Gasteiger partial charge in [0.15, 0.2) is 0 Å². The lowest BCUT2D eigenvalue weighted by atomic mass is 10.2. The lowest BCUT2D eigenvalue weighted by Crippen LogP contribution is -2.24. The first-order chi connectivity index (χ1) is 11.5. The lowest BCUT2D eigenvalue weighted by molar-refractivity contribution is -0.116. The monoisotopic (exact) mass is 366 g/mol. The third-order valence-corrected chi connectivity index (χ3v) is 4.16. The van der Waals surface area contributed by atoms with E-state index in [4.69, 9.17) is 27.9 Å². The van der Waals surface area contributed by atoms with Crippen molar-refractivity contribution in [3.8, 4) is 5.75 Å². The highest BCUT2D eigenvalue weighted by molar-refractivity contribution is 6.39. The molecule has 0 saturated heterocycles. The number of para-hydroxylation sites is 1. The Hall–Kier alpha value is -1.75. The Kier molecular flexibility index (Phi) is 6.91. The van der Waals surface area contributed by atoms with Crippen LogP contribution in [0.2, 0.25) is 10.0 Å². The summed E-state index contributed by atoms with van der Waals surface area (Å²) in [5.74, 6) is 0.703. The van der Waals surface area contributed by atoms with Gasteiger partial charge in [0.25, 0.3) is 0 Å². The van der Waals surface area contributed by atoms with Gasteiger partial charge >= 0.3 is 0 Å². The Morgan fingerprint density at radius 2 is 1.83 bits per heavy atom. The van der Waals surface area contributed by atoms with Gasteiger partial charge in [0.2, 0.25) is 5.91 Å². The van der Waals surface area contributed by atoms with Crippen molar-refractivity contribution in [1.29, 1.82) is 0 Å². The van der Waals surface area contributed by atoms with Gasteiger partial charge in [-0.15, -0.1) is 0 Å². The minimum absolute atomic E-state index is 0.123. The van der Waals surface area contributed by atoms with E-state index in [2.05, 4.69) is 10.2 Å². The average Bonchev–Trinajstić information content (AvgIpc) is 2.56. The molecule has 0 heterocycles. The van der Waals surface area contributed by atoms with Crippen LogP contribution in [0.1, 0.15) is 12.0 Å². The van der Waals surface area contributed by atoms with Crippen LogP contribution in [0.15, 0.2) is 42.5 Å². The molecular formula is C18H20Cl2N2O2. The molecule has 1 amide bonds. The molecule has 0 saturated carbocycles. The Morgan fingerprint density at radius 1 is 1.17 bits per heavy atom. The third kappa shape index (κ3) is 5.41. The van der Waals surface area contributed by atoms with E-state index in [0.29, 0.717) is 28.7 Å². The Bertz CT molecular complexity index is 687. The fourth-order valence-electron chi connectivity index (χ4n) is 2.27. The van der Waals surface area contributed by atoms with Crippen LogP contribution in [0.4, 0.5) is 5.69 Å². The minimum atomic E-state index is -0.123. The van der Waals surface area contributed by atoms with Gasteiger partial charge in [-0.1, -0.05) is 41.4 Å². The van der Waals surface area contributed by atoms with Crippen molar-refractivity contribution in [2.24, 2.45) is 0 Å². The number of nitrogens with zero attached hydrogens (tertiary/aromatic N) is 1. The zero-order valence-electron chi connectivity index (χ0n) is 13.7. The summed E-state index contributed by atoms with van der Waals surface area (Å²) < 4.78 is 5.22. The third-order valence-electron chi connectivity index (χ3n) is 3.53. The summed E-state index contributed by atoms with van der Waals surface area (Å²) in [7, 11) is 3.61. The van der Waals surface area contributed by atoms with Crippen LogP contribution in [0.3, 0.4) is 0 Å². The van der Waals surface area contributed by atoms with Crippen LogP contribution in [0.25, 0.3) is 0 Å². The van der Waals surface area contributed by atoms with E-state index in [1.807, 2.05) is 31.3 Å². The van der Waals surface area contributed by atoms with Gasteiger partial charge in [0.1, 0.15) is 5.75 Å². The maximum Gasteiger partial charge on any atom is 0.225 e. The second-order valence-corrected chi connectivity index (χ2v) is 6.30. The maximum atomic E-state index is 12.1. The Morgan fingerprint density at radius 3 is 2.50 bits per heavy atom. The molecule has 0 spiro atoms. The van der Waals surface area contributed by atoms with Gasteiger partial charge in [-0.05, 0) is 36.9 Å². The van der Waals surface area contributed by atoms with E-state index in [0.717, 1.165) is 17.9 Å². The van der Waals surface area contributed by atoms with E-state index >= 15 is 0 Å². The van der Waals surface area contributed by atoms with Crippen LogP contribution in [-0.2, 0) is 11.3 Å². The number of amides is 1. The first kappa shape index (κ1) is 18.6. The summed E-state index contributed by atoms with van der Waals surface area (Å²) >= 11 is 12.1. The molecule has 4 nitrogen and oxygen atoms in total. The van der Waals surface area contributed by atoms with Gasteiger partial charge in [0, 0.05) is 19.5 Å². The molecule has 0 aliphatic heterocycles. The molecule has 2 aromatic rings. The Labute approximate surface area is 152 Å². The second-order valence-electron chi connectivity index (χ2n) is 5.48. The van der Waals surface area contributed by atoms with Crippen molar-refractivity contribution in [2.45, 2.75) is 13.0 Å². The van der Waals surface area contributed by atoms with Crippen molar-refractivity contribution in [1.82, 2.24) is 4.90 Å². The van der Waals surface area contributed by atoms with E-state index in [1.165, 1.54) is 0 Å². The normalized spacial score (nSPS) is 10.7. The molecule has 2 aromatic carbocycles. The van der Waals surface area contributed by atoms with E-state index in [1.54, 1.807) is 25.3 Å². The van der Waals surface area contributed by atoms with Crippen molar-refractivity contribution < 1.29 is 9.53 Å². The molecule has 0 aliphatic rings. The molecule has 1 N–H and O–H groups in total. The second kappa shape index (κ2) is 8.92. The predicted molar refractivity (Wildman–Crippen MR) is 99.0 cm³/mol. The summed E-state index contributed by atoms with van der Waals surface area (Å²) in [6, 6.07) is 13.0. The maximum absolute atomic E-state index is 12.1. The van der Waals surface area contributed by atoms with Crippen LogP contribution in [0.5, 0.6) is 5.75 Å². The molecule has 0 atom stereocenters. The van der Waals surface area contributed by atoms with Gasteiger partial charge < -0.3 is 15.0 Å². The van der Waals surface area contributed by atoms with E-state index in [-0.39, 0.29) is 5.91 Å². The number of carbonyl (C=O) groups is 1. The predicted octanol–water partition coefficient (Wildman–Crippen LogP) is 4.46. The molecular weight excluding hydrogens is 347 g/mol. The molecule has 0 aromatic heterocycles. The number of anilines is 1. The molecule has 2 rings (SSSR count). The molecule has 0 bridgehead atoms. The average molecular weight is 367 g/mol. The minimum Gasteiger partial charge on any atom is -0.497 e. The highest BCUT2D eigenvalue weighted by atomic mass is 35.5. The number of nitrogens with one attached hydrogen (secondary N) is 1. The summed E-state index contributed by atoms with van der Waals surface area (Å²) in [6.07, 6.45) is 0.349. The number of hydrogen-bond acceptors (Lipinski definition) is 3. The standard InChI is InChI=1S/C18H20Cl2N2O2/c1-22(12-13-5-3-6-14(11-13)24-2)10-9-17(23)21-18-15(19)7-4-8-16(18)20/h3-8,11H,9-10,12H2,1-2H3,(H,21,23). The fourth-order valence-corrected chi connectivity index (χ4v) is 2.77. The molecule has 24 heavy (non-hydrogen) atoms. The van der Waals surface area contributed by atoms with Crippen LogP contribution < -0.4 is 10.1 Å². The highest BCUT2D eigenvalue weighted by Crippen LogP contribution is 2.29. The molecule has 6 heteroatoms. The number of methoxy groups -OCH3 is 1. The first-order valence-electron chi connectivity index (χ1n) is 7.55. The molecule has 0 radical (unpaired) electrons. The Balaban J connectivity index is 1.84. The number of rotatable bonds is 7. The topological polar surface area (TPSA) is 41.6 Å². The van der Waals surface area contributed by atoms with Crippen molar-refractivity contribution in [3.05, 3.63) is 58.1 Å². The largest absolute Gasteiger partial charge is 0.497 e. The quantitative estimate of drug-likeness (QED) is 0.786. The molecule has 0 unspecified atom stereocenters. The summed E-state index contributed by atoms with van der Waals surface area (Å²) in [5.41, 5.74) is 1.59. The van der Waals surface area contributed by atoms with E-state index in [9.17, 15) is 4.79 Å². The van der Waals surface area contributed by atoms with Crippen molar-refractivity contribution >= 4 is 34.8 Å². The SMILES string of the molecule is COc1cccc(CN(C)CCC(=O)Nc2c(Cl)cccc2Cl)c1. The number of halogens is 2. The van der Waals surface area contributed by atoms with Gasteiger partial charge in [-0.2, -0.15) is 0 Å². The van der Waals surface area contributed by atoms with Crippen molar-refractivity contribution in [2.75, 3.05) is 26.0 Å². The fraction of sp³-hybridized carbons (Fsp3) is 0.278. The van der Waals surface area contributed by atoms with Crippen molar-refractivity contribution in [3.63, 3.8) is 0 Å². The number of carbonyl (C=O) groups excluding carboxylic acids is 1. The first-order valence-corrected chi connectivity index (χ1v) is 8.30. The van der Waals surface area contributed by atoms with Gasteiger partial charge in [-0.25, -0.2) is 0 Å². The molecule has 128 valence electrons. The molecule has 0 aliphatic carbocycles. The zero-order chi connectivity index (χ0) is 17.5. The summed E-state index contributed by atoms with van der Waals surface area (Å²) in [5, 5.41) is 3.63. The van der Waals surface area contributed by atoms with Crippen LogP contribution in [0, 0.1) is 0 Å². The smallest absolute Gasteiger partial charge is 0.225 e.